The third-order valence-electron chi connectivity index (χ3n) is 4.18. The standard InChI is InChI=1S/C17H26Br2N2/c1-11(2)8-13-10-21(16(9-20-13)12(3)4)17-14(18)6-5-7-15(17)19/h5-7,11-13,16,20H,8-10H2,1-4H3. The number of halogens is 2. The van der Waals surface area contributed by atoms with E-state index >= 15 is 0 Å². The van der Waals surface area contributed by atoms with Crippen LogP contribution in [0.5, 0.6) is 0 Å². The van der Waals surface area contributed by atoms with Crippen molar-refractivity contribution in [1.29, 1.82) is 0 Å². The summed E-state index contributed by atoms with van der Waals surface area (Å²) in [5, 5.41) is 3.75. The largest absolute Gasteiger partial charge is 0.364 e. The van der Waals surface area contributed by atoms with E-state index in [1.165, 1.54) is 21.1 Å². The van der Waals surface area contributed by atoms with Gasteiger partial charge < -0.3 is 10.2 Å². The number of piperazine rings is 1. The molecule has 0 bridgehead atoms. The van der Waals surface area contributed by atoms with Gasteiger partial charge in [0.1, 0.15) is 0 Å². The quantitative estimate of drug-likeness (QED) is 0.736. The first-order valence-electron chi connectivity index (χ1n) is 7.84. The van der Waals surface area contributed by atoms with Crippen molar-refractivity contribution in [3.63, 3.8) is 0 Å². The normalized spacial score (nSPS) is 23.1. The van der Waals surface area contributed by atoms with E-state index in [0.717, 1.165) is 19.0 Å². The number of hydrogen-bond donors (Lipinski definition) is 1. The lowest BCUT2D eigenvalue weighted by Gasteiger charge is -2.45. The van der Waals surface area contributed by atoms with Crippen LogP contribution in [0.25, 0.3) is 0 Å². The second-order valence-electron chi connectivity index (χ2n) is 6.77. The first kappa shape index (κ1) is 17.3. The molecule has 21 heavy (non-hydrogen) atoms. The summed E-state index contributed by atoms with van der Waals surface area (Å²) in [6.07, 6.45) is 1.23. The van der Waals surface area contributed by atoms with Gasteiger partial charge in [-0.1, -0.05) is 33.8 Å². The second kappa shape index (κ2) is 7.47. The molecule has 0 amide bonds. The van der Waals surface area contributed by atoms with Gasteiger partial charge in [0, 0.05) is 34.1 Å². The van der Waals surface area contributed by atoms with Crippen molar-refractivity contribution in [2.75, 3.05) is 18.0 Å². The van der Waals surface area contributed by atoms with Crippen LogP contribution in [0.2, 0.25) is 0 Å². The summed E-state index contributed by atoms with van der Waals surface area (Å²) in [6, 6.07) is 7.45. The highest BCUT2D eigenvalue weighted by Gasteiger charge is 2.32. The molecule has 118 valence electrons. The molecule has 1 aromatic carbocycles. The maximum atomic E-state index is 3.75. The Morgan fingerprint density at radius 1 is 1.19 bits per heavy atom. The molecule has 0 saturated carbocycles. The predicted molar refractivity (Wildman–Crippen MR) is 99.1 cm³/mol. The van der Waals surface area contributed by atoms with E-state index in [-0.39, 0.29) is 0 Å². The molecule has 0 spiro atoms. The Bertz CT molecular complexity index is 454. The molecule has 0 radical (unpaired) electrons. The molecular formula is C17H26Br2N2. The lowest BCUT2D eigenvalue weighted by Crippen LogP contribution is -2.59. The minimum Gasteiger partial charge on any atom is -0.364 e. The topological polar surface area (TPSA) is 15.3 Å². The van der Waals surface area contributed by atoms with Crippen molar-refractivity contribution < 1.29 is 0 Å². The van der Waals surface area contributed by atoms with Crippen molar-refractivity contribution in [1.82, 2.24) is 5.32 Å². The average Bonchev–Trinajstić information content (AvgIpc) is 2.37. The fraction of sp³-hybridized carbons (Fsp3) is 0.647. The van der Waals surface area contributed by atoms with E-state index in [2.05, 4.69) is 88.0 Å². The SMILES string of the molecule is CC(C)CC1CN(c2c(Br)cccc2Br)C(C(C)C)CN1. The number of benzene rings is 1. The molecular weight excluding hydrogens is 392 g/mol. The highest BCUT2D eigenvalue weighted by Crippen LogP contribution is 2.37. The molecule has 1 aliphatic heterocycles. The highest BCUT2D eigenvalue weighted by molar-refractivity contribution is 9.11. The predicted octanol–water partition coefficient (Wildman–Crippen LogP) is 5.06. The van der Waals surface area contributed by atoms with Crippen LogP contribution < -0.4 is 10.2 Å². The Balaban J connectivity index is 2.30. The van der Waals surface area contributed by atoms with Crippen molar-refractivity contribution in [3.8, 4) is 0 Å². The number of anilines is 1. The van der Waals surface area contributed by atoms with Gasteiger partial charge in [0.05, 0.1) is 5.69 Å². The van der Waals surface area contributed by atoms with Crippen LogP contribution in [-0.4, -0.2) is 25.2 Å². The van der Waals surface area contributed by atoms with Gasteiger partial charge in [0.15, 0.2) is 0 Å². The van der Waals surface area contributed by atoms with Gasteiger partial charge in [-0.3, -0.25) is 0 Å². The van der Waals surface area contributed by atoms with E-state index in [1.807, 2.05) is 0 Å². The number of para-hydroxylation sites is 1. The zero-order valence-corrected chi connectivity index (χ0v) is 16.5. The lowest BCUT2D eigenvalue weighted by atomic mass is 9.94. The first-order valence-corrected chi connectivity index (χ1v) is 9.42. The Morgan fingerprint density at radius 2 is 1.81 bits per heavy atom. The Labute approximate surface area is 145 Å². The van der Waals surface area contributed by atoms with Crippen LogP contribution in [0.3, 0.4) is 0 Å². The zero-order chi connectivity index (χ0) is 15.6. The third kappa shape index (κ3) is 4.23. The summed E-state index contributed by atoms with van der Waals surface area (Å²) in [6.45, 7) is 11.4. The second-order valence-corrected chi connectivity index (χ2v) is 8.48. The van der Waals surface area contributed by atoms with Gasteiger partial charge in [-0.25, -0.2) is 0 Å². The van der Waals surface area contributed by atoms with Gasteiger partial charge in [-0.05, 0) is 62.2 Å². The Kier molecular flexibility index (Phi) is 6.15. The maximum Gasteiger partial charge on any atom is 0.0658 e. The molecule has 1 aliphatic rings. The Morgan fingerprint density at radius 3 is 2.33 bits per heavy atom. The van der Waals surface area contributed by atoms with E-state index < -0.39 is 0 Å². The molecule has 1 saturated heterocycles. The number of nitrogens with one attached hydrogen (secondary N) is 1. The van der Waals surface area contributed by atoms with Gasteiger partial charge in [0.25, 0.3) is 0 Å². The Hall–Kier alpha value is -0.0600. The van der Waals surface area contributed by atoms with Crippen molar-refractivity contribution >= 4 is 37.5 Å². The molecule has 1 fully saturated rings. The van der Waals surface area contributed by atoms with Crippen LogP contribution in [-0.2, 0) is 0 Å². The van der Waals surface area contributed by atoms with Crippen LogP contribution >= 0.6 is 31.9 Å². The number of hydrogen-bond acceptors (Lipinski definition) is 2. The van der Waals surface area contributed by atoms with E-state index in [1.54, 1.807) is 0 Å². The smallest absolute Gasteiger partial charge is 0.0658 e. The van der Waals surface area contributed by atoms with Crippen LogP contribution in [0.4, 0.5) is 5.69 Å². The molecule has 1 N–H and O–H groups in total. The highest BCUT2D eigenvalue weighted by atomic mass is 79.9. The summed E-state index contributed by atoms with van der Waals surface area (Å²) < 4.78 is 2.35. The maximum absolute atomic E-state index is 3.75. The molecule has 1 heterocycles. The summed E-state index contributed by atoms with van der Waals surface area (Å²) >= 11 is 7.48. The molecule has 4 heteroatoms. The van der Waals surface area contributed by atoms with E-state index in [4.69, 9.17) is 0 Å². The minimum absolute atomic E-state index is 0.531. The molecule has 0 aliphatic carbocycles. The fourth-order valence-corrected chi connectivity index (χ4v) is 4.63. The van der Waals surface area contributed by atoms with E-state index in [9.17, 15) is 0 Å². The average molecular weight is 418 g/mol. The van der Waals surface area contributed by atoms with Crippen molar-refractivity contribution in [2.24, 2.45) is 11.8 Å². The summed E-state index contributed by atoms with van der Waals surface area (Å²) in [5.41, 5.74) is 1.30. The summed E-state index contributed by atoms with van der Waals surface area (Å²) in [4.78, 5) is 2.59. The zero-order valence-electron chi connectivity index (χ0n) is 13.4. The van der Waals surface area contributed by atoms with Crippen LogP contribution in [0.15, 0.2) is 27.1 Å². The first-order chi connectivity index (χ1) is 9.90. The number of nitrogens with zero attached hydrogens (tertiary/aromatic N) is 1. The van der Waals surface area contributed by atoms with Gasteiger partial charge >= 0.3 is 0 Å². The molecule has 0 aromatic heterocycles. The van der Waals surface area contributed by atoms with Crippen molar-refractivity contribution in [2.45, 2.75) is 46.2 Å². The number of rotatable bonds is 4. The fourth-order valence-electron chi connectivity index (χ4n) is 3.18. The molecule has 2 nitrogen and oxygen atoms in total. The minimum atomic E-state index is 0.531. The molecule has 2 atom stereocenters. The molecule has 2 rings (SSSR count). The summed E-state index contributed by atoms with van der Waals surface area (Å²) in [7, 11) is 0. The van der Waals surface area contributed by atoms with E-state index in [0.29, 0.717) is 18.0 Å². The van der Waals surface area contributed by atoms with Crippen LogP contribution in [0.1, 0.15) is 34.1 Å². The lowest BCUT2D eigenvalue weighted by molar-refractivity contribution is 0.310. The van der Waals surface area contributed by atoms with Gasteiger partial charge in [0.2, 0.25) is 0 Å². The van der Waals surface area contributed by atoms with Gasteiger partial charge in [-0.15, -0.1) is 0 Å². The molecule has 2 unspecified atom stereocenters. The monoisotopic (exact) mass is 416 g/mol. The summed E-state index contributed by atoms with van der Waals surface area (Å²) in [5.74, 6) is 1.35. The molecule has 1 aromatic rings. The van der Waals surface area contributed by atoms with Gasteiger partial charge in [-0.2, -0.15) is 0 Å². The van der Waals surface area contributed by atoms with Crippen LogP contribution in [0, 0.1) is 11.8 Å². The van der Waals surface area contributed by atoms with Crippen molar-refractivity contribution in [3.05, 3.63) is 27.1 Å². The third-order valence-corrected chi connectivity index (χ3v) is 5.46.